The van der Waals surface area contributed by atoms with E-state index in [9.17, 15) is 0 Å². The number of para-hydroxylation sites is 1. The van der Waals surface area contributed by atoms with Crippen molar-refractivity contribution >= 4 is 30.5 Å². The molecule has 0 bridgehead atoms. The van der Waals surface area contributed by atoms with Gasteiger partial charge in [-0.1, -0.05) is 49.6 Å². The fourth-order valence-corrected chi connectivity index (χ4v) is 4.86. The van der Waals surface area contributed by atoms with Gasteiger partial charge in [-0.25, -0.2) is 0 Å². The van der Waals surface area contributed by atoms with Crippen molar-refractivity contribution in [3.05, 3.63) is 60.2 Å². The molecular formula is C23H32Cl2N2O. The van der Waals surface area contributed by atoms with Crippen molar-refractivity contribution < 1.29 is 4.74 Å². The maximum absolute atomic E-state index is 5.38. The molecule has 0 amide bonds. The lowest BCUT2D eigenvalue weighted by atomic mass is 9.75. The van der Waals surface area contributed by atoms with Gasteiger partial charge in [0, 0.05) is 37.4 Å². The third kappa shape index (κ3) is 4.59. The molecule has 2 aliphatic rings. The van der Waals surface area contributed by atoms with Crippen molar-refractivity contribution in [2.24, 2.45) is 0 Å². The van der Waals surface area contributed by atoms with Crippen LogP contribution in [-0.4, -0.2) is 38.2 Å². The van der Waals surface area contributed by atoms with E-state index in [4.69, 9.17) is 4.74 Å². The molecule has 0 spiro atoms. The summed E-state index contributed by atoms with van der Waals surface area (Å²) in [7, 11) is 1.74. The molecule has 0 radical (unpaired) electrons. The molecule has 3 nitrogen and oxygen atoms in total. The van der Waals surface area contributed by atoms with Gasteiger partial charge in [0.05, 0.1) is 7.11 Å². The summed E-state index contributed by atoms with van der Waals surface area (Å²) < 4.78 is 5.38. The lowest BCUT2D eigenvalue weighted by molar-refractivity contribution is 0.0416. The van der Waals surface area contributed by atoms with Crippen LogP contribution in [0.2, 0.25) is 0 Å². The predicted octanol–water partition coefficient (Wildman–Crippen LogP) is 5.52. The summed E-state index contributed by atoms with van der Waals surface area (Å²) in [5.41, 5.74) is 3.05. The van der Waals surface area contributed by atoms with Crippen LogP contribution in [0.25, 0.3) is 0 Å². The number of halogens is 2. The molecule has 0 atom stereocenters. The highest BCUT2D eigenvalue weighted by Gasteiger charge is 2.40. The van der Waals surface area contributed by atoms with Crippen LogP contribution in [0.5, 0.6) is 5.75 Å². The van der Waals surface area contributed by atoms with E-state index in [1.165, 1.54) is 43.4 Å². The highest BCUT2D eigenvalue weighted by molar-refractivity contribution is 5.85. The van der Waals surface area contributed by atoms with Gasteiger partial charge in [0.25, 0.3) is 0 Å². The zero-order valence-electron chi connectivity index (χ0n) is 16.7. The van der Waals surface area contributed by atoms with Gasteiger partial charge in [0.2, 0.25) is 0 Å². The summed E-state index contributed by atoms with van der Waals surface area (Å²) in [5, 5.41) is 0. The third-order valence-corrected chi connectivity index (χ3v) is 6.31. The van der Waals surface area contributed by atoms with Gasteiger partial charge in [-0.3, -0.25) is 4.90 Å². The van der Waals surface area contributed by atoms with E-state index < -0.39 is 0 Å². The molecule has 2 fully saturated rings. The monoisotopic (exact) mass is 422 g/mol. The minimum absolute atomic E-state index is 0. The number of benzene rings is 2. The van der Waals surface area contributed by atoms with E-state index in [0.29, 0.717) is 0 Å². The molecule has 1 heterocycles. The second-order valence-corrected chi connectivity index (χ2v) is 7.63. The third-order valence-electron chi connectivity index (χ3n) is 6.31. The quantitative estimate of drug-likeness (QED) is 0.644. The minimum atomic E-state index is 0. The minimum Gasteiger partial charge on any atom is -0.497 e. The second-order valence-electron chi connectivity index (χ2n) is 7.63. The number of hydrogen-bond acceptors (Lipinski definition) is 3. The Balaban J connectivity index is 0.00000140. The molecule has 0 unspecified atom stereocenters. The van der Waals surface area contributed by atoms with Crippen LogP contribution in [0.15, 0.2) is 54.6 Å². The van der Waals surface area contributed by atoms with E-state index in [1.807, 2.05) is 0 Å². The smallest absolute Gasteiger partial charge is 0.118 e. The Labute approximate surface area is 181 Å². The van der Waals surface area contributed by atoms with Gasteiger partial charge < -0.3 is 9.64 Å². The molecule has 1 saturated carbocycles. The van der Waals surface area contributed by atoms with Crippen LogP contribution < -0.4 is 9.64 Å². The van der Waals surface area contributed by atoms with Crippen LogP contribution in [0, 0.1) is 0 Å². The highest BCUT2D eigenvalue weighted by Crippen LogP contribution is 2.43. The van der Waals surface area contributed by atoms with Crippen molar-refractivity contribution in [3.63, 3.8) is 0 Å². The Morgan fingerprint density at radius 2 is 1.36 bits per heavy atom. The van der Waals surface area contributed by atoms with Crippen LogP contribution in [-0.2, 0) is 5.54 Å². The predicted molar refractivity (Wildman–Crippen MR) is 122 cm³/mol. The van der Waals surface area contributed by atoms with Gasteiger partial charge in [-0.15, -0.1) is 24.8 Å². The van der Waals surface area contributed by atoms with E-state index in [2.05, 4.69) is 64.4 Å². The average molecular weight is 423 g/mol. The van der Waals surface area contributed by atoms with E-state index in [0.717, 1.165) is 31.9 Å². The molecule has 1 aliphatic heterocycles. The number of piperazine rings is 1. The second kappa shape index (κ2) is 10.4. The first kappa shape index (κ1) is 22.9. The number of methoxy groups -OCH3 is 1. The topological polar surface area (TPSA) is 15.7 Å². The molecule has 5 heteroatoms. The normalized spacial score (nSPS) is 19.2. The zero-order chi connectivity index (χ0) is 17.8. The summed E-state index contributed by atoms with van der Waals surface area (Å²) in [6.07, 6.45) is 6.62. The molecule has 1 aliphatic carbocycles. The SMILES string of the molecule is COc1ccc(C2(N3CCN(c4ccccc4)CC3)CCCCC2)cc1.Cl.Cl. The van der Waals surface area contributed by atoms with E-state index in [1.54, 1.807) is 7.11 Å². The van der Waals surface area contributed by atoms with Gasteiger partial charge >= 0.3 is 0 Å². The number of hydrogen-bond donors (Lipinski definition) is 0. The van der Waals surface area contributed by atoms with Gasteiger partial charge in [-0.05, 0) is 42.7 Å². The average Bonchev–Trinajstić information content (AvgIpc) is 2.75. The molecule has 2 aromatic rings. The Kier molecular flexibility index (Phi) is 8.48. The summed E-state index contributed by atoms with van der Waals surface area (Å²) in [5.74, 6) is 0.952. The molecule has 1 saturated heterocycles. The molecule has 0 N–H and O–H groups in total. The Morgan fingerprint density at radius 1 is 0.750 bits per heavy atom. The summed E-state index contributed by atoms with van der Waals surface area (Å²) >= 11 is 0. The zero-order valence-corrected chi connectivity index (χ0v) is 18.3. The maximum atomic E-state index is 5.38. The van der Waals surface area contributed by atoms with E-state index in [-0.39, 0.29) is 30.4 Å². The molecular weight excluding hydrogens is 391 g/mol. The molecule has 4 rings (SSSR count). The fraction of sp³-hybridized carbons (Fsp3) is 0.478. The molecule has 2 aromatic carbocycles. The largest absolute Gasteiger partial charge is 0.497 e. The van der Waals surface area contributed by atoms with Crippen molar-refractivity contribution in [2.75, 3.05) is 38.2 Å². The van der Waals surface area contributed by atoms with Crippen LogP contribution in [0.4, 0.5) is 5.69 Å². The molecule has 0 aromatic heterocycles. The number of nitrogens with zero attached hydrogens (tertiary/aromatic N) is 2. The van der Waals surface area contributed by atoms with Gasteiger partial charge in [0.15, 0.2) is 0 Å². The summed E-state index contributed by atoms with van der Waals surface area (Å²) in [6, 6.07) is 19.7. The van der Waals surface area contributed by atoms with Crippen molar-refractivity contribution in [2.45, 2.75) is 37.6 Å². The first-order valence-electron chi connectivity index (χ1n) is 10.0. The van der Waals surface area contributed by atoms with Gasteiger partial charge in [-0.2, -0.15) is 0 Å². The molecule has 154 valence electrons. The Morgan fingerprint density at radius 3 is 1.93 bits per heavy atom. The number of ether oxygens (including phenoxy) is 1. The van der Waals surface area contributed by atoms with E-state index >= 15 is 0 Å². The number of rotatable bonds is 4. The first-order chi connectivity index (χ1) is 12.8. The summed E-state index contributed by atoms with van der Waals surface area (Å²) in [4.78, 5) is 5.30. The lowest BCUT2D eigenvalue weighted by Crippen LogP contribution is -2.56. The van der Waals surface area contributed by atoms with Gasteiger partial charge in [0.1, 0.15) is 5.75 Å². The lowest BCUT2D eigenvalue weighted by Gasteiger charge is -2.50. The number of anilines is 1. The maximum Gasteiger partial charge on any atom is 0.118 e. The summed E-state index contributed by atoms with van der Waals surface area (Å²) in [6.45, 7) is 4.51. The highest BCUT2D eigenvalue weighted by atomic mass is 35.5. The first-order valence-corrected chi connectivity index (χ1v) is 10.0. The fourth-order valence-electron chi connectivity index (χ4n) is 4.86. The van der Waals surface area contributed by atoms with Crippen LogP contribution >= 0.6 is 24.8 Å². The van der Waals surface area contributed by atoms with Crippen molar-refractivity contribution in [1.29, 1.82) is 0 Å². The standard InChI is InChI=1S/C23H30N2O.2ClH/c1-26-22-12-10-20(11-13-22)23(14-6-3-7-15-23)25-18-16-24(17-19-25)21-8-4-2-5-9-21;;/h2,4-5,8-13H,3,6-7,14-19H2,1H3;2*1H. The van der Waals surface area contributed by atoms with Crippen molar-refractivity contribution in [3.8, 4) is 5.75 Å². The molecule has 28 heavy (non-hydrogen) atoms. The van der Waals surface area contributed by atoms with Crippen molar-refractivity contribution in [1.82, 2.24) is 4.90 Å². The van der Waals surface area contributed by atoms with Crippen LogP contribution in [0.3, 0.4) is 0 Å². The van der Waals surface area contributed by atoms with Crippen LogP contribution in [0.1, 0.15) is 37.7 Å². The Hall–Kier alpha value is -1.42. The Bertz CT molecular complexity index is 694.